The van der Waals surface area contributed by atoms with E-state index in [2.05, 4.69) is 20.6 Å². The lowest BCUT2D eigenvalue weighted by atomic mass is 9.86. The van der Waals surface area contributed by atoms with E-state index in [9.17, 15) is 9.18 Å². The molecule has 0 bridgehead atoms. The molecule has 1 saturated carbocycles. The summed E-state index contributed by atoms with van der Waals surface area (Å²) in [6.07, 6.45) is 8.16. The first-order chi connectivity index (χ1) is 13.4. The predicted molar refractivity (Wildman–Crippen MR) is 109 cm³/mol. The maximum Gasteiger partial charge on any atom is 0.255 e. The lowest BCUT2D eigenvalue weighted by Gasteiger charge is -2.29. The van der Waals surface area contributed by atoms with Crippen LogP contribution in [0, 0.1) is 11.7 Å². The maximum absolute atomic E-state index is 13.2. The number of amides is 1. The van der Waals surface area contributed by atoms with Crippen molar-refractivity contribution in [3.63, 3.8) is 0 Å². The van der Waals surface area contributed by atoms with E-state index in [1.54, 1.807) is 23.4 Å². The lowest BCUT2D eigenvalue weighted by molar-refractivity contribution is 0.0923. The van der Waals surface area contributed by atoms with E-state index in [1.165, 1.54) is 12.3 Å². The van der Waals surface area contributed by atoms with Gasteiger partial charge in [-0.2, -0.15) is 0 Å². The number of carbonyl (C=O) groups is 1. The summed E-state index contributed by atoms with van der Waals surface area (Å²) in [5.74, 6) is 0.597. The van der Waals surface area contributed by atoms with Gasteiger partial charge in [0.25, 0.3) is 5.91 Å². The highest BCUT2D eigenvalue weighted by molar-refractivity contribution is 6.31. The van der Waals surface area contributed by atoms with Gasteiger partial charge in [-0.05, 0) is 37.7 Å². The van der Waals surface area contributed by atoms with Crippen LogP contribution in [0.15, 0.2) is 30.7 Å². The molecule has 1 amide bonds. The summed E-state index contributed by atoms with van der Waals surface area (Å²) in [5.41, 5.74) is 1.18. The molecule has 2 heterocycles. The van der Waals surface area contributed by atoms with Crippen LogP contribution in [0.1, 0.15) is 36.0 Å². The second-order valence-corrected chi connectivity index (χ2v) is 7.82. The van der Waals surface area contributed by atoms with Crippen LogP contribution in [0.25, 0.3) is 0 Å². The molecule has 150 valence electrons. The topological polar surface area (TPSA) is 70.2 Å². The fourth-order valence-electron chi connectivity index (χ4n) is 3.50. The summed E-state index contributed by atoms with van der Waals surface area (Å²) in [5, 5.41) is 6.80. The van der Waals surface area contributed by atoms with Crippen molar-refractivity contribution in [1.29, 1.82) is 0 Å². The Morgan fingerprint density at radius 1 is 1.21 bits per heavy atom. The van der Waals surface area contributed by atoms with E-state index < -0.39 is 0 Å². The summed E-state index contributed by atoms with van der Waals surface area (Å²) in [6.45, 7) is 0.773. The van der Waals surface area contributed by atoms with E-state index in [0.717, 1.165) is 32.2 Å². The quantitative estimate of drug-likeness (QED) is 0.766. The number of hydrogen-bond acceptors (Lipinski definition) is 5. The fourth-order valence-corrected chi connectivity index (χ4v) is 3.66. The third-order valence-electron chi connectivity index (χ3n) is 4.98. The molecule has 0 aromatic carbocycles. The van der Waals surface area contributed by atoms with Crippen molar-refractivity contribution < 1.29 is 9.18 Å². The second kappa shape index (κ2) is 9.19. The average molecular weight is 406 g/mol. The van der Waals surface area contributed by atoms with Crippen molar-refractivity contribution in [3.05, 3.63) is 47.1 Å². The molecule has 0 unspecified atom stereocenters. The summed E-state index contributed by atoms with van der Waals surface area (Å²) in [6, 6.07) is 3.23. The molecule has 2 N–H and O–H groups in total. The number of anilines is 2. The molecule has 0 radical (unpaired) electrons. The van der Waals surface area contributed by atoms with Gasteiger partial charge in [-0.3, -0.25) is 9.78 Å². The van der Waals surface area contributed by atoms with Gasteiger partial charge in [0.1, 0.15) is 11.6 Å². The molecule has 1 aliphatic rings. The Bertz CT molecular complexity index is 824. The molecule has 28 heavy (non-hydrogen) atoms. The summed E-state index contributed by atoms with van der Waals surface area (Å²) in [7, 11) is 3.69. The summed E-state index contributed by atoms with van der Waals surface area (Å²) in [4.78, 5) is 22.6. The number of rotatable bonds is 6. The highest BCUT2D eigenvalue weighted by Gasteiger charge is 2.24. The molecule has 1 fully saturated rings. The minimum Gasteiger partial charge on any atom is -0.383 e. The largest absolute Gasteiger partial charge is 0.383 e. The van der Waals surface area contributed by atoms with Crippen LogP contribution in [0.5, 0.6) is 0 Å². The van der Waals surface area contributed by atoms with E-state index in [1.807, 2.05) is 14.1 Å². The summed E-state index contributed by atoms with van der Waals surface area (Å²) < 4.78 is 13.2. The first-order valence-electron chi connectivity index (χ1n) is 9.40. The van der Waals surface area contributed by atoms with Gasteiger partial charge in [-0.25, -0.2) is 9.37 Å². The zero-order chi connectivity index (χ0) is 20.1. The Morgan fingerprint density at radius 2 is 1.96 bits per heavy atom. The van der Waals surface area contributed by atoms with E-state index in [4.69, 9.17) is 11.6 Å². The fraction of sp³-hybridized carbons (Fsp3) is 0.450. The monoisotopic (exact) mass is 405 g/mol. The van der Waals surface area contributed by atoms with Crippen molar-refractivity contribution in [2.75, 3.05) is 30.9 Å². The van der Waals surface area contributed by atoms with Crippen molar-refractivity contribution in [1.82, 2.24) is 15.3 Å². The minimum atomic E-state index is -0.344. The molecule has 2 aromatic heterocycles. The van der Waals surface area contributed by atoms with Crippen molar-refractivity contribution >= 4 is 29.0 Å². The second-order valence-electron chi connectivity index (χ2n) is 7.38. The normalized spacial score (nSPS) is 19.1. The van der Waals surface area contributed by atoms with E-state index >= 15 is 0 Å². The number of nitrogens with zero attached hydrogens (tertiary/aromatic N) is 3. The molecule has 0 saturated heterocycles. The SMILES string of the molecule is CN(C)c1ncc(Cl)cc1C(=O)N[C@H]1CC[C@H](CNc2cncc(F)c2)CC1. The molecule has 8 heteroatoms. The highest BCUT2D eigenvalue weighted by Crippen LogP contribution is 2.26. The molecule has 2 aromatic rings. The number of hydrogen-bond donors (Lipinski definition) is 2. The standard InChI is InChI=1S/C20H25ClFN5O/c1-27(2)19-18(7-14(21)10-25-19)20(28)26-16-5-3-13(4-6-16)9-24-17-8-15(22)11-23-12-17/h7-8,10-13,16,24H,3-6,9H2,1-2H3,(H,26,28)/t13-,16-. The highest BCUT2D eigenvalue weighted by atomic mass is 35.5. The average Bonchev–Trinajstić information content (AvgIpc) is 2.67. The molecule has 6 nitrogen and oxygen atoms in total. The van der Waals surface area contributed by atoms with Gasteiger partial charge in [0.2, 0.25) is 0 Å². The Morgan fingerprint density at radius 3 is 2.64 bits per heavy atom. The first kappa shape index (κ1) is 20.3. The van der Waals surface area contributed by atoms with Crippen LogP contribution in [-0.2, 0) is 0 Å². The Balaban J connectivity index is 1.50. The van der Waals surface area contributed by atoms with Crippen LogP contribution < -0.4 is 15.5 Å². The van der Waals surface area contributed by atoms with Gasteiger partial charge in [0.15, 0.2) is 0 Å². The predicted octanol–water partition coefficient (Wildman–Crippen LogP) is 3.74. The van der Waals surface area contributed by atoms with Crippen LogP contribution >= 0.6 is 11.6 Å². The van der Waals surface area contributed by atoms with Gasteiger partial charge in [0.05, 0.1) is 28.7 Å². The molecular weight excluding hydrogens is 381 g/mol. The van der Waals surface area contributed by atoms with Crippen LogP contribution in [-0.4, -0.2) is 42.6 Å². The molecule has 1 aliphatic carbocycles. The zero-order valence-corrected chi connectivity index (χ0v) is 16.8. The van der Waals surface area contributed by atoms with Gasteiger partial charge in [0, 0.05) is 38.9 Å². The number of pyridine rings is 2. The van der Waals surface area contributed by atoms with Crippen LogP contribution in [0.4, 0.5) is 15.9 Å². The number of halogens is 2. The van der Waals surface area contributed by atoms with Gasteiger partial charge in [-0.15, -0.1) is 0 Å². The molecule has 0 atom stereocenters. The number of carbonyl (C=O) groups excluding carboxylic acids is 1. The van der Waals surface area contributed by atoms with E-state index in [0.29, 0.717) is 28.0 Å². The van der Waals surface area contributed by atoms with Crippen LogP contribution in [0.3, 0.4) is 0 Å². The lowest BCUT2D eigenvalue weighted by Crippen LogP contribution is -2.39. The molecule has 0 spiro atoms. The first-order valence-corrected chi connectivity index (χ1v) is 9.78. The maximum atomic E-state index is 13.2. The van der Waals surface area contributed by atoms with Crippen molar-refractivity contribution in [3.8, 4) is 0 Å². The Hall–Kier alpha value is -2.41. The number of aromatic nitrogens is 2. The molecule has 3 rings (SSSR count). The number of nitrogens with one attached hydrogen (secondary N) is 2. The van der Waals surface area contributed by atoms with Crippen molar-refractivity contribution in [2.24, 2.45) is 5.92 Å². The van der Waals surface area contributed by atoms with Crippen molar-refractivity contribution in [2.45, 2.75) is 31.7 Å². The Kier molecular flexibility index (Phi) is 6.67. The smallest absolute Gasteiger partial charge is 0.255 e. The van der Waals surface area contributed by atoms with Gasteiger partial charge < -0.3 is 15.5 Å². The Labute approximate surface area is 169 Å². The summed E-state index contributed by atoms with van der Waals surface area (Å²) >= 11 is 6.03. The van der Waals surface area contributed by atoms with Gasteiger partial charge >= 0.3 is 0 Å². The molecule has 0 aliphatic heterocycles. The van der Waals surface area contributed by atoms with E-state index in [-0.39, 0.29) is 17.8 Å². The van der Waals surface area contributed by atoms with Gasteiger partial charge in [-0.1, -0.05) is 11.6 Å². The van der Waals surface area contributed by atoms with Crippen LogP contribution in [0.2, 0.25) is 5.02 Å². The zero-order valence-electron chi connectivity index (χ0n) is 16.1. The third kappa shape index (κ3) is 5.32. The minimum absolute atomic E-state index is 0.133. The molecular formula is C20H25ClFN5O. The third-order valence-corrected chi connectivity index (χ3v) is 5.19.